The molecule has 1 fully saturated rings. The van der Waals surface area contributed by atoms with Crippen LogP contribution in [-0.2, 0) is 9.73 Å². The molecule has 4 aromatic heterocycles. The highest BCUT2D eigenvalue weighted by Gasteiger charge is 2.22. The summed E-state index contributed by atoms with van der Waals surface area (Å²) in [6.45, 7) is 4.55. The maximum atomic E-state index is 13.3. The van der Waals surface area contributed by atoms with Gasteiger partial charge in [0.15, 0.2) is 0 Å². The Morgan fingerprint density at radius 2 is 1.95 bits per heavy atom. The van der Waals surface area contributed by atoms with Crippen molar-refractivity contribution >= 4 is 26.8 Å². The molecule has 0 spiro atoms. The van der Waals surface area contributed by atoms with Crippen molar-refractivity contribution in [2.45, 2.75) is 19.4 Å². The summed E-state index contributed by atoms with van der Waals surface area (Å²) in [7, 11) is -0.854. The highest BCUT2D eigenvalue weighted by molar-refractivity contribution is 7.93. The molecule has 39 heavy (non-hydrogen) atoms. The van der Waals surface area contributed by atoms with Gasteiger partial charge in [0.1, 0.15) is 24.2 Å². The molecule has 0 aliphatic carbocycles. The SMILES string of the molecule is COc1ccc(N=S2(=O)CCN(c3ccc(-c4cc(OCC(C)(C)O)cn5ncc(C#N)c45)cn3)CC2)cn1. The topological polar surface area (TPSA) is 138 Å². The quantitative estimate of drug-likeness (QED) is 0.369. The van der Waals surface area contributed by atoms with Crippen molar-refractivity contribution in [3.05, 3.63) is 60.7 Å². The van der Waals surface area contributed by atoms with Crippen LogP contribution in [0.5, 0.6) is 11.6 Å². The van der Waals surface area contributed by atoms with Crippen molar-refractivity contribution in [3.63, 3.8) is 0 Å². The number of nitriles is 1. The number of hydrogen-bond donors (Lipinski definition) is 1. The molecule has 1 saturated heterocycles. The number of fused-ring (bicyclic) bond motifs is 1. The number of aromatic nitrogens is 4. The van der Waals surface area contributed by atoms with Gasteiger partial charge < -0.3 is 19.5 Å². The normalized spacial score (nSPS) is 15.1. The molecular formula is C27H29N7O4S. The predicted octanol–water partition coefficient (Wildman–Crippen LogP) is 3.44. The van der Waals surface area contributed by atoms with E-state index in [-0.39, 0.29) is 6.61 Å². The first-order valence-electron chi connectivity index (χ1n) is 12.4. The maximum absolute atomic E-state index is 13.3. The zero-order chi connectivity index (χ0) is 27.6. The van der Waals surface area contributed by atoms with E-state index in [1.807, 2.05) is 18.2 Å². The van der Waals surface area contributed by atoms with E-state index < -0.39 is 15.3 Å². The zero-order valence-corrected chi connectivity index (χ0v) is 22.8. The van der Waals surface area contributed by atoms with Crippen molar-refractivity contribution in [2.75, 3.05) is 43.2 Å². The Kier molecular flexibility index (Phi) is 7.12. The van der Waals surface area contributed by atoms with E-state index in [9.17, 15) is 14.6 Å². The summed E-state index contributed by atoms with van der Waals surface area (Å²) in [4.78, 5) is 10.9. The van der Waals surface area contributed by atoms with Crippen LogP contribution in [0.2, 0.25) is 0 Å². The number of hydrogen-bond acceptors (Lipinski definition) is 10. The van der Waals surface area contributed by atoms with Crippen LogP contribution in [-0.4, -0.2) is 72.8 Å². The molecule has 5 rings (SSSR count). The van der Waals surface area contributed by atoms with E-state index in [2.05, 4.69) is 30.4 Å². The van der Waals surface area contributed by atoms with E-state index >= 15 is 0 Å². The molecule has 1 N–H and O–H groups in total. The van der Waals surface area contributed by atoms with Crippen LogP contribution >= 0.6 is 0 Å². The number of nitrogens with zero attached hydrogens (tertiary/aromatic N) is 7. The number of aliphatic hydroxyl groups is 1. The maximum Gasteiger partial charge on any atom is 0.213 e. The highest BCUT2D eigenvalue weighted by Crippen LogP contribution is 2.32. The van der Waals surface area contributed by atoms with Crippen LogP contribution in [0.25, 0.3) is 16.6 Å². The van der Waals surface area contributed by atoms with Gasteiger partial charge in [0, 0.05) is 48.0 Å². The summed E-state index contributed by atoms with van der Waals surface area (Å²) in [6, 6.07) is 11.3. The Morgan fingerprint density at radius 3 is 2.56 bits per heavy atom. The Balaban J connectivity index is 1.36. The molecule has 0 unspecified atom stereocenters. The molecular weight excluding hydrogens is 518 g/mol. The van der Waals surface area contributed by atoms with Gasteiger partial charge >= 0.3 is 0 Å². The van der Waals surface area contributed by atoms with E-state index in [1.165, 1.54) is 6.20 Å². The fourth-order valence-corrected chi connectivity index (χ4v) is 6.14. The number of methoxy groups -OCH3 is 1. The Bertz CT molecular complexity index is 1630. The fraction of sp³-hybridized carbons (Fsp3) is 0.333. The monoisotopic (exact) mass is 547 g/mol. The molecule has 0 saturated carbocycles. The van der Waals surface area contributed by atoms with Crippen molar-refractivity contribution < 1.29 is 18.8 Å². The third kappa shape index (κ3) is 5.94. The van der Waals surface area contributed by atoms with Gasteiger partial charge in [-0.2, -0.15) is 14.7 Å². The van der Waals surface area contributed by atoms with Crippen molar-refractivity contribution in [2.24, 2.45) is 4.36 Å². The average molecular weight is 548 g/mol. The van der Waals surface area contributed by atoms with Gasteiger partial charge in [0.25, 0.3) is 0 Å². The lowest BCUT2D eigenvalue weighted by atomic mass is 10.1. The van der Waals surface area contributed by atoms with Gasteiger partial charge in [-0.3, -0.25) is 0 Å². The van der Waals surface area contributed by atoms with Gasteiger partial charge in [-0.25, -0.2) is 18.7 Å². The van der Waals surface area contributed by atoms with E-state index in [0.29, 0.717) is 53.0 Å². The Hall–Kier alpha value is -4.21. The summed E-state index contributed by atoms with van der Waals surface area (Å²) in [6.07, 6.45) is 6.51. The smallest absolute Gasteiger partial charge is 0.213 e. The molecule has 4 aromatic rings. The van der Waals surface area contributed by atoms with Gasteiger partial charge in [-0.05, 0) is 38.1 Å². The lowest BCUT2D eigenvalue weighted by molar-refractivity contribution is 0.0283. The molecule has 1 aliphatic rings. The molecule has 0 amide bonds. The molecule has 12 heteroatoms. The van der Waals surface area contributed by atoms with Gasteiger partial charge in [-0.15, -0.1) is 0 Å². The number of pyridine rings is 3. The van der Waals surface area contributed by atoms with Gasteiger partial charge in [0.05, 0.1) is 57.8 Å². The number of anilines is 1. The van der Waals surface area contributed by atoms with Gasteiger partial charge in [-0.1, -0.05) is 0 Å². The molecule has 5 heterocycles. The van der Waals surface area contributed by atoms with Crippen LogP contribution in [0.15, 0.2) is 59.5 Å². The standard InChI is InChI=1S/C27H29N7O4S/c1-27(2,35)18-38-22-12-23(26-20(13-28)15-31-34(26)17-22)19-4-6-24(29-14-19)33-8-10-39(36,11-9-33)32-21-5-7-25(37-3)30-16-21/h4-7,12,14-17,35H,8-11,18H2,1-3H3. The Labute approximate surface area is 226 Å². The van der Waals surface area contributed by atoms with Gasteiger partial charge in [0.2, 0.25) is 5.88 Å². The molecule has 202 valence electrons. The zero-order valence-electron chi connectivity index (χ0n) is 21.9. The van der Waals surface area contributed by atoms with E-state index in [1.54, 1.807) is 56.2 Å². The first kappa shape index (κ1) is 26.4. The third-order valence-electron chi connectivity index (χ3n) is 6.24. The predicted molar refractivity (Wildman–Crippen MR) is 148 cm³/mol. The Morgan fingerprint density at radius 1 is 1.15 bits per heavy atom. The molecule has 0 bridgehead atoms. The minimum absolute atomic E-state index is 0.0981. The number of ether oxygens (including phenoxy) is 2. The first-order chi connectivity index (χ1) is 18.7. The first-order valence-corrected chi connectivity index (χ1v) is 14.2. The van der Waals surface area contributed by atoms with Crippen molar-refractivity contribution in [1.82, 2.24) is 19.6 Å². The van der Waals surface area contributed by atoms with Crippen molar-refractivity contribution in [3.8, 4) is 28.8 Å². The average Bonchev–Trinajstić information content (AvgIpc) is 3.35. The lowest BCUT2D eigenvalue weighted by Gasteiger charge is -2.29. The summed E-state index contributed by atoms with van der Waals surface area (Å²) >= 11 is 0. The summed E-state index contributed by atoms with van der Waals surface area (Å²) in [5, 5.41) is 24.0. The van der Waals surface area contributed by atoms with Crippen LogP contribution in [0.4, 0.5) is 11.5 Å². The molecule has 1 aliphatic heterocycles. The second-order valence-electron chi connectivity index (χ2n) is 9.88. The second-order valence-corrected chi connectivity index (χ2v) is 12.4. The third-order valence-corrected chi connectivity index (χ3v) is 8.43. The van der Waals surface area contributed by atoms with Crippen LogP contribution in [0.3, 0.4) is 0 Å². The highest BCUT2D eigenvalue weighted by atomic mass is 32.2. The summed E-state index contributed by atoms with van der Waals surface area (Å²) in [5.41, 5.74) is 2.19. The lowest BCUT2D eigenvalue weighted by Crippen LogP contribution is -2.40. The molecule has 0 radical (unpaired) electrons. The molecule has 11 nitrogen and oxygen atoms in total. The minimum Gasteiger partial charge on any atom is -0.489 e. The number of rotatable bonds is 7. The van der Waals surface area contributed by atoms with E-state index in [4.69, 9.17) is 9.47 Å². The fourth-order valence-electron chi connectivity index (χ4n) is 4.25. The molecule has 0 atom stereocenters. The summed E-state index contributed by atoms with van der Waals surface area (Å²) in [5.74, 6) is 2.61. The van der Waals surface area contributed by atoms with Crippen molar-refractivity contribution in [1.29, 1.82) is 5.26 Å². The van der Waals surface area contributed by atoms with Crippen LogP contribution in [0, 0.1) is 11.3 Å². The molecule has 0 aromatic carbocycles. The summed E-state index contributed by atoms with van der Waals surface area (Å²) < 4.78 is 30.3. The second kappa shape index (κ2) is 10.5. The van der Waals surface area contributed by atoms with Crippen LogP contribution in [0.1, 0.15) is 19.4 Å². The largest absolute Gasteiger partial charge is 0.489 e. The van der Waals surface area contributed by atoms with E-state index in [0.717, 1.165) is 16.9 Å². The van der Waals surface area contributed by atoms with Crippen LogP contribution < -0.4 is 14.4 Å². The minimum atomic E-state index is -2.40.